The summed E-state index contributed by atoms with van der Waals surface area (Å²) in [5, 5.41) is 0. The van der Waals surface area contributed by atoms with E-state index in [0.717, 1.165) is 18.8 Å². The van der Waals surface area contributed by atoms with Crippen molar-refractivity contribution in [3.8, 4) is 5.75 Å². The molecule has 0 unspecified atom stereocenters. The minimum atomic E-state index is 0.842. The number of hydrogen-bond acceptors (Lipinski definition) is 1. The van der Waals surface area contributed by atoms with Crippen LogP contribution in [0.2, 0.25) is 0 Å². The van der Waals surface area contributed by atoms with Crippen molar-refractivity contribution in [2.75, 3.05) is 6.61 Å². The van der Waals surface area contributed by atoms with Crippen LogP contribution in [0.3, 0.4) is 0 Å². The molecule has 0 amide bonds. The van der Waals surface area contributed by atoms with Crippen LogP contribution in [0.25, 0.3) is 6.08 Å². The van der Waals surface area contributed by atoms with Gasteiger partial charge in [-0.15, -0.1) is 0 Å². The number of hydrogen-bond donors (Lipinski definition) is 0. The lowest BCUT2D eigenvalue weighted by Gasteiger charge is -1.98. The van der Waals surface area contributed by atoms with E-state index in [1.54, 1.807) is 0 Å². The molecule has 0 fully saturated rings. The highest BCUT2D eigenvalue weighted by Crippen LogP contribution is 2.26. The Bertz CT molecular complexity index is 313. The second-order valence-corrected chi connectivity index (χ2v) is 2.97. The summed E-state index contributed by atoms with van der Waals surface area (Å²) in [6.45, 7) is 2.87. The molecule has 0 atom stereocenters. The second-order valence-electron chi connectivity index (χ2n) is 2.97. The normalized spacial score (nSPS) is 14.8. The summed E-state index contributed by atoms with van der Waals surface area (Å²) < 4.78 is 5.41. The van der Waals surface area contributed by atoms with Gasteiger partial charge in [-0.3, -0.25) is 0 Å². The Morgan fingerprint density at radius 2 is 2.33 bits per heavy atom. The minimum absolute atomic E-state index is 0.842. The number of rotatable bonds is 1. The Morgan fingerprint density at radius 1 is 1.42 bits per heavy atom. The molecule has 1 heteroatoms. The van der Waals surface area contributed by atoms with E-state index >= 15 is 0 Å². The van der Waals surface area contributed by atoms with Gasteiger partial charge in [-0.25, -0.2) is 0 Å². The predicted octanol–water partition coefficient (Wildman–Crippen LogP) is 2.65. The van der Waals surface area contributed by atoms with E-state index < -0.39 is 0 Å². The van der Waals surface area contributed by atoms with Crippen LogP contribution in [-0.4, -0.2) is 6.61 Å². The van der Waals surface area contributed by atoms with Gasteiger partial charge in [0.05, 0.1) is 6.61 Å². The Balaban J connectivity index is 2.38. The van der Waals surface area contributed by atoms with Crippen LogP contribution >= 0.6 is 0 Å². The predicted molar refractivity (Wildman–Crippen MR) is 50.3 cm³/mol. The molecule has 0 N–H and O–H groups in total. The van der Waals surface area contributed by atoms with Gasteiger partial charge in [-0.2, -0.15) is 0 Å². The zero-order valence-corrected chi connectivity index (χ0v) is 7.21. The molecule has 1 nitrogen and oxygen atoms in total. The van der Waals surface area contributed by atoms with Gasteiger partial charge >= 0.3 is 0 Å². The first-order valence-corrected chi connectivity index (χ1v) is 4.28. The van der Waals surface area contributed by atoms with Gasteiger partial charge in [-0.05, 0) is 30.2 Å². The van der Waals surface area contributed by atoms with Crippen LogP contribution in [0.15, 0.2) is 24.3 Å². The van der Waals surface area contributed by atoms with E-state index in [1.165, 1.54) is 11.1 Å². The molecule has 1 aromatic carbocycles. The minimum Gasteiger partial charge on any atom is -0.493 e. The molecule has 1 aliphatic heterocycles. The first-order valence-electron chi connectivity index (χ1n) is 4.28. The van der Waals surface area contributed by atoms with Gasteiger partial charge in [0.1, 0.15) is 5.75 Å². The first-order chi connectivity index (χ1) is 5.90. The fourth-order valence-electron chi connectivity index (χ4n) is 1.50. The summed E-state index contributed by atoms with van der Waals surface area (Å²) in [6.07, 6.45) is 5.22. The number of benzene rings is 1. The lowest BCUT2D eigenvalue weighted by atomic mass is 10.1. The molecule has 62 valence electrons. The largest absolute Gasteiger partial charge is 0.493 e. The molecule has 0 saturated carbocycles. The quantitative estimate of drug-likeness (QED) is 0.613. The van der Waals surface area contributed by atoms with Gasteiger partial charge in [0, 0.05) is 6.42 Å². The Morgan fingerprint density at radius 3 is 3.17 bits per heavy atom. The van der Waals surface area contributed by atoms with E-state index in [9.17, 15) is 0 Å². The van der Waals surface area contributed by atoms with Crippen LogP contribution in [-0.2, 0) is 6.42 Å². The molecule has 0 saturated heterocycles. The number of allylic oxidation sites excluding steroid dienone is 1. The lowest BCUT2D eigenvalue weighted by Crippen LogP contribution is -1.85. The molecule has 0 bridgehead atoms. The van der Waals surface area contributed by atoms with E-state index in [0.29, 0.717) is 0 Å². The van der Waals surface area contributed by atoms with Gasteiger partial charge in [0.15, 0.2) is 0 Å². The van der Waals surface area contributed by atoms with Crippen molar-refractivity contribution < 1.29 is 4.74 Å². The molecule has 0 spiro atoms. The Kier molecular flexibility index (Phi) is 1.86. The molecular weight excluding hydrogens is 148 g/mol. The van der Waals surface area contributed by atoms with Gasteiger partial charge in [0.25, 0.3) is 0 Å². The number of ether oxygens (including phenoxy) is 1. The zero-order valence-electron chi connectivity index (χ0n) is 7.21. The molecule has 0 radical (unpaired) electrons. The Labute approximate surface area is 72.7 Å². The van der Waals surface area contributed by atoms with Crippen molar-refractivity contribution in [2.24, 2.45) is 0 Å². The van der Waals surface area contributed by atoms with Crippen LogP contribution in [0, 0.1) is 0 Å². The fourth-order valence-corrected chi connectivity index (χ4v) is 1.50. The van der Waals surface area contributed by atoms with E-state index in [2.05, 4.69) is 30.4 Å². The number of fused-ring (bicyclic) bond motifs is 1. The third kappa shape index (κ3) is 1.22. The van der Waals surface area contributed by atoms with E-state index in [4.69, 9.17) is 4.74 Å². The molecule has 12 heavy (non-hydrogen) atoms. The van der Waals surface area contributed by atoms with Crippen LogP contribution in [0.1, 0.15) is 18.1 Å². The van der Waals surface area contributed by atoms with Crippen molar-refractivity contribution in [1.82, 2.24) is 0 Å². The average Bonchev–Trinajstić information content (AvgIpc) is 2.51. The highest BCUT2D eigenvalue weighted by atomic mass is 16.5. The van der Waals surface area contributed by atoms with Gasteiger partial charge in [0.2, 0.25) is 0 Å². The smallest absolute Gasteiger partial charge is 0.122 e. The molecule has 0 aromatic heterocycles. The average molecular weight is 160 g/mol. The SMILES string of the molecule is CC=Cc1ccc2c(c1)CCO2. The van der Waals surface area contributed by atoms with E-state index in [-0.39, 0.29) is 0 Å². The summed E-state index contributed by atoms with van der Waals surface area (Å²) in [6, 6.07) is 6.34. The van der Waals surface area contributed by atoms with Crippen LogP contribution in [0.5, 0.6) is 5.75 Å². The monoisotopic (exact) mass is 160 g/mol. The van der Waals surface area contributed by atoms with Crippen molar-refractivity contribution in [3.05, 3.63) is 35.4 Å². The maximum absolute atomic E-state index is 5.41. The van der Waals surface area contributed by atoms with Crippen LogP contribution in [0.4, 0.5) is 0 Å². The summed E-state index contributed by atoms with van der Waals surface area (Å²) in [4.78, 5) is 0. The highest BCUT2D eigenvalue weighted by molar-refractivity contribution is 5.53. The fraction of sp³-hybridized carbons (Fsp3) is 0.273. The van der Waals surface area contributed by atoms with Crippen molar-refractivity contribution in [3.63, 3.8) is 0 Å². The molecule has 1 heterocycles. The maximum Gasteiger partial charge on any atom is 0.122 e. The summed E-state index contributed by atoms with van der Waals surface area (Å²) in [5.41, 5.74) is 2.60. The molecule has 1 aromatic rings. The second kappa shape index (κ2) is 3.02. The molecule has 0 aliphatic carbocycles. The zero-order chi connectivity index (χ0) is 8.39. The third-order valence-corrected chi connectivity index (χ3v) is 2.07. The molecule has 1 aliphatic rings. The van der Waals surface area contributed by atoms with Gasteiger partial charge in [-0.1, -0.05) is 18.2 Å². The van der Waals surface area contributed by atoms with Crippen molar-refractivity contribution >= 4 is 6.08 Å². The lowest BCUT2D eigenvalue weighted by molar-refractivity contribution is 0.357. The maximum atomic E-state index is 5.41. The standard InChI is InChI=1S/C11H12O/c1-2-3-9-4-5-11-10(8-9)6-7-12-11/h2-5,8H,6-7H2,1H3. The summed E-state index contributed by atoms with van der Waals surface area (Å²) in [7, 11) is 0. The Hall–Kier alpha value is -1.24. The van der Waals surface area contributed by atoms with Gasteiger partial charge < -0.3 is 4.74 Å². The van der Waals surface area contributed by atoms with Crippen LogP contribution < -0.4 is 4.74 Å². The highest BCUT2D eigenvalue weighted by Gasteiger charge is 2.10. The van der Waals surface area contributed by atoms with Crippen molar-refractivity contribution in [2.45, 2.75) is 13.3 Å². The van der Waals surface area contributed by atoms with E-state index in [1.807, 2.05) is 6.92 Å². The first kappa shape index (κ1) is 7.41. The topological polar surface area (TPSA) is 9.23 Å². The molecular formula is C11H12O. The van der Waals surface area contributed by atoms with Crippen molar-refractivity contribution in [1.29, 1.82) is 0 Å². The summed E-state index contributed by atoms with van der Waals surface area (Å²) >= 11 is 0. The molecule has 2 rings (SSSR count). The summed E-state index contributed by atoms with van der Waals surface area (Å²) in [5.74, 6) is 1.06. The third-order valence-electron chi connectivity index (χ3n) is 2.07.